The first-order valence-corrected chi connectivity index (χ1v) is 5.36. The number of pyridine rings is 1. The third-order valence-corrected chi connectivity index (χ3v) is 2.32. The van der Waals surface area contributed by atoms with Crippen molar-refractivity contribution in [1.29, 1.82) is 5.26 Å². The van der Waals surface area contributed by atoms with Crippen LogP contribution in [0.2, 0.25) is 0 Å². The molecule has 3 nitrogen and oxygen atoms in total. The maximum absolute atomic E-state index is 8.46. The van der Waals surface area contributed by atoms with Gasteiger partial charge in [-0.1, -0.05) is 13.0 Å². The first kappa shape index (κ1) is 11.7. The Kier molecular flexibility index (Phi) is 5.42. The fourth-order valence-corrected chi connectivity index (χ4v) is 1.45. The molecule has 0 aliphatic heterocycles. The lowest BCUT2D eigenvalue weighted by Gasteiger charge is -2.18. The molecule has 3 heteroatoms. The van der Waals surface area contributed by atoms with Gasteiger partial charge in [-0.2, -0.15) is 5.26 Å². The molecule has 80 valence electrons. The highest BCUT2D eigenvalue weighted by molar-refractivity contribution is 5.03. The van der Waals surface area contributed by atoms with E-state index in [-0.39, 0.29) is 0 Å². The van der Waals surface area contributed by atoms with Gasteiger partial charge in [-0.05, 0) is 31.6 Å². The predicted octanol–water partition coefficient (Wildman–Crippen LogP) is 2.21. The van der Waals surface area contributed by atoms with E-state index in [2.05, 4.69) is 22.9 Å². The van der Waals surface area contributed by atoms with Crippen molar-refractivity contribution in [2.45, 2.75) is 26.3 Å². The fraction of sp³-hybridized carbons (Fsp3) is 0.500. The Balaban J connectivity index is 2.37. The molecule has 0 aliphatic carbocycles. The van der Waals surface area contributed by atoms with Crippen LogP contribution in [-0.2, 0) is 6.54 Å². The van der Waals surface area contributed by atoms with E-state index in [0.29, 0.717) is 6.42 Å². The molecule has 1 aromatic heterocycles. The Labute approximate surface area is 91.4 Å². The van der Waals surface area contributed by atoms with Gasteiger partial charge in [0.05, 0.1) is 11.8 Å². The summed E-state index contributed by atoms with van der Waals surface area (Å²) in [4.78, 5) is 6.59. The second-order valence-corrected chi connectivity index (χ2v) is 3.45. The molecule has 15 heavy (non-hydrogen) atoms. The summed E-state index contributed by atoms with van der Waals surface area (Å²) in [6.45, 7) is 4.99. The van der Waals surface area contributed by atoms with Crippen LogP contribution in [0, 0.1) is 11.3 Å². The average Bonchev–Trinajstić information content (AvgIpc) is 2.29. The van der Waals surface area contributed by atoms with Crippen LogP contribution in [-0.4, -0.2) is 23.0 Å². The first-order chi connectivity index (χ1) is 7.36. The number of rotatable bonds is 6. The number of nitrogens with zero attached hydrogens (tertiary/aromatic N) is 3. The van der Waals surface area contributed by atoms with Crippen LogP contribution in [0.1, 0.15) is 25.5 Å². The number of aromatic nitrogens is 1. The lowest BCUT2D eigenvalue weighted by atomic mass is 10.3. The zero-order valence-corrected chi connectivity index (χ0v) is 9.19. The van der Waals surface area contributed by atoms with Crippen molar-refractivity contribution >= 4 is 0 Å². The van der Waals surface area contributed by atoms with Crippen molar-refractivity contribution in [3.63, 3.8) is 0 Å². The smallest absolute Gasteiger partial charge is 0.0622 e. The van der Waals surface area contributed by atoms with E-state index in [1.807, 2.05) is 24.4 Å². The Morgan fingerprint density at radius 3 is 2.93 bits per heavy atom. The molecule has 1 rings (SSSR count). The van der Waals surface area contributed by atoms with Gasteiger partial charge in [0.1, 0.15) is 0 Å². The maximum atomic E-state index is 8.46. The van der Waals surface area contributed by atoms with Crippen LogP contribution in [0.15, 0.2) is 24.4 Å². The molecule has 0 bridgehead atoms. The van der Waals surface area contributed by atoms with E-state index in [9.17, 15) is 0 Å². The highest BCUT2D eigenvalue weighted by atomic mass is 15.1. The molecule has 0 spiro atoms. The van der Waals surface area contributed by atoms with E-state index in [4.69, 9.17) is 5.26 Å². The summed E-state index contributed by atoms with van der Waals surface area (Å²) in [6, 6.07) is 8.13. The van der Waals surface area contributed by atoms with Gasteiger partial charge in [0.15, 0.2) is 0 Å². The van der Waals surface area contributed by atoms with Crippen LogP contribution in [0.5, 0.6) is 0 Å². The largest absolute Gasteiger partial charge is 0.298 e. The van der Waals surface area contributed by atoms with Crippen molar-refractivity contribution in [2.75, 3.05) is 13.1 Å². The van der Waals surface area contributed by atoms with Crippen molar-refractivity contribution < 1.29 is 0 Å². The van der Waals surface area contributed by atoms with Crippen molar-refractivity contribution in [1.82, 2.24) is 9.88 Å². The van der Waals surface area contributed by atoms with Gasteiger partial charge in [-0.15, -0.1) is 0 Å². The molecule has 0 aromatic carbocycles. The maximum Gasteiger partial charge on any atom is 0.0622 e. The number of hydrogen-bond donors (Lipinski definition) is 0. The molecule has 1 heterocycles. The van der Waals surface area contributed by atoms with Gasteiger partial charge in [-0.3, -0.25) is 9.88 Å². The molecular weight excluding hydrogens is 186 g/mol. The zero-order valence-electron chi connectivity index (χ0n) is 9.19. The highest BCUT2D eigenvalue weighted by Crippen LogP contribution is 2.02. The van der Waals surface area contributed by atoms with E-state index >= 15 is 0 Å². The minimum absolute atomic E-state index is 0.638. The summed E-state index contributed by atoms with van der Waals surface area (Å²) in [5, 5.41) is 8.46. The van der Waals surface area contributed by atoms with Crippen molar-refractivity contribution in [3.8, 4) is 6.07 Å². The highest BCUT2D eigenvalue weighted by Gasteiger charge is 2.03. The van der Waals surface area contributed by atoms with Crippen LogP contribution in [0.3, 0.4) is 0 Å². The monoisotopic (exact) mass is 203 g/mol. The Morgan fingerprint density at radius 2 is 2.33 bits per heavy atom. The fourth-order valence-electron chi connectivity index (χ4n) is 1.45. The molecule has 0 radical (unpaired) electrons. The van der Waals surface area contributed by atoms with E-state index in [1.54, 1.807) is 0 Å². The normalized spacial score (nSPS) is 10.2. The summed E-state index contributed by atoms with van der Waals surface area (Å²) in [7, 11) is 0. The minimum Gasteiger partial charge on any atom is -0.298 e. The van der Waals surface area contributed by atoms with Gasteiger partial charge in [-0.25, -0.2) is 0 Å². The average molecular weight is 203 g/mol. The summed E-state index contributed by atoms with van der Waals surface area (Å²) < 4.78 is 0. The van der Waals surface area contributed by atoms with Crippen molar-refractivity contribution in [3.05, 3.63) is 30.1 Å². The Bertz CT molecular complexity index is 302. The molecule has 0 atom stereocenters. The van der Waals surface area contributed by atoms with Crippen LogP contribution in [0.4, 0.5) is 0 Å². The molecule has 0 fully saturated rings. The third-order valence-electron chi connectivity index (χ3n) is 2.32. The topological polar surface area (TPSA) is 39.9 Å². The summed E-state index contributed by atoms with van der Waals surface area (Å²) in [6.07, 6.45) is 3.40. The Morgan fingerprint density at radius 1 is 1.47 bits per heavy atom. The minimum atomic E-state index is 0.638. The molecule has 0 N–H and O–H groups in total. The lowest BCUT2D eigenvalue weighted by Crippen LogP contribution is -2.24. The van der Waals surface area contributed by atoms with Crippen LogP contribution in [0.25, 0.3) is 0 Å². The lowest BCUT2D eigenvalue weighted by molar-refractivity contribution is 0.274. The van der Waals surface area contributed by atoms with Gasteiger partial charge in [0.25, 0.3) is 0 Å². The third kappa shape index (κ3) is 4.57. The van der Waals surface area contributed by atoms with Gasteiger partial charge >= 0.3 is 0 Å². The van der Waals surface area contributed by atoms with E-state index in [1.165, 1.54) is 0 Å². The molecule has 0 aliphatic rings. The van der Waals surface area contributed by atoms with Gasteiger partial charge in [0.2, 0.25) is 0 Å². The zero-order chi connectivity index (χ0) is 10.9. The van der Waals surface area contributed by atoms with Crippen LogP contribution >= 0.6 is 0 Å². The number of unbranched alkanes of at least 4 members (excludes halogenated alkanes) is 1. The molecular formula is C12H17N3. The van der Waals surface area contributed by atoms with E-state index < -0.39 is 0 Å². The molecule has 0 saturated heterocycles. The summed E-state index contributed by atoms with van der Waals surface area (Å²) in [5.41, 5.74) is 1.09. The summed E-state index contributed by atoms with van der Waals surface area (Å²) >= 11 is 0. The quantitative estimate of drug-likeness (QED) is 0.665. The predicted molar refractivity (Wildman–Crippen MR) is 60.0 cm³/mol. The van der Waals surface area contributed by atoms with Gasteiger partial charge < -0.3 is 0 Å². The van der Waals surface area contributed by atoms with E-state index in [0.717, 1.165) is 31.7 Å². The van der Waals surface area contributed by atoms with Crippen LogP contribution < -0.4 is 0 Å². The number of nitriles is 1. The Hall–Kier alpha value is -1.40. The second kappa shape index (κ2) is 6.97. The molecule has 0 unspecified atom stereocenters. The molecule has 0 amide bonds. The molecule has 1 aromatic rings. The SMILES string of the molecule is CCN(CCCC#N)Cc1ccccn1. The standard InChI is InChI=1S/C12H17N3/c1-2-15(10-6-4-8-13)11-12-7-3-5-9-14-12/h3,5,7,9H,2,4,6,10-11H2,1H3. The first-order valence-electron chi connectivity index (χ1n) is 5.36. The summed E-state index contributed by atoms with van der Waals surface area (Å²) in [5.74, 6) is 0. The second-order valence-electron chi connectivity index (χ2n) is 3.45. The molecule has 0 saturated carbocycles. The number of hydrogen-bond acceptors (Lipinski definition) is 3. The van der Waals surface area contributed by atoms with Gasteiger partial charge in [0, 0.05) is 19.2 Å². The van der Waals surface area contributed by atoms with Crippen molar-refractivity contribution in [2.24, 2.45) is 0 Å².